The van der Waals surface area contributed by atoms with E-state index in [4.69, 9.17) is 9.94 Å². The molecule has 20 heavy (non-hydrogen) atoms. The Labute approximate surface area is 116 Å². The van der Waals surface area contributed by atoms with Crippen LogP contribution in [0.25, 0.3) is 0 Å². The molecule has 0 saturated carbocycles. The van der Waals surface area contributed by atoms with E-state index in [1.165, 1.54) is 0 Å². The van der Waals surface area contributed by atoms with Gasteiger partial charge in [-0.05, 0) is 17.5 Å². The number of oxime groups is 1. The number of rotatable bonds is 7. The third kappa shape index (κ3) is 4.68. The van der Waals surface area contributed by atoms with Gasteiger partial charge in [0.25, 0.3) is 0 Å². The molecule has 1 rings (SSSR count). The number of carbonyl (C=O) groups excluding carboxylic acids is 1. The Balaban J connectivity index is 2.59. The zero-order chi connectivity index (χ0) is 15.0. The van der Waals surface area contributed by atoms with Gasteiger partial charge in [0.15, 0.2) is 5.71 Å². The van der Waals surface area contributed by atoms with Crippen LogP contribution < -0.4 is 0 Å². The zero-order valence-corrected chi connectivity index (χ0v) is 11.1. The van der Waals surface area contributed by atoms with Crippen molar-refractivity contribution in [2.45, 2.75) is 26.4 Å². The van der Waals surface area contributed by atoms with Gasteiger partial charge in [0.1, 0.15) is 6.61 Å². The summed E-state index contributed by atoms with van der Waals surface area (Å²) < 4.78 is 5.00. The Morgan fingerprint density at radius 3 is 2.60 bits per heavy atom. The molecule has 0 fully saturated rings. The number of nitrogens with zero attached hydrogens (tertiary/aromatic N) is 2. The fraction of sp³-hybridized carbons (Fsp3) is 0.385. The fourth-order valence-electron chi connectivity index (χ4n) is 1.66. The van der Waals surface area contributed by atoms with Crippen molar-refractivity contribution in [3.05, 3.63) is 45.5 Å². The maximum atomic E-state index is 11.6. The van der Waals surface area contributed by atoms with E-state index < -0.39 is 17.4 Å². The first-order valence-corrected chi connectivity index (χ1v) is 6.15. The molecule has 0 aliphatic rings. The standard InChI is InChI=1S/C13H16N2O5/c1-2-10-5-3-4-6-11(10)9-20-13(16)12(14-17)7-8-15(18)19/h3-6,17H,2,7-9H2,1H3/b14-12-. The molecule has 0 amide bonds. The van der Waals surface area contributed by atoms with E-state index in [1.807, 2.05) is 31.2 Å². The third-order valence-electron chi connectivity index (χ3n) is 2.75. The van der Waals surface area contributed by atoms with E-state index in [1.54, 1.807) is 0 Å². The molecule has 1 N–H and O–H groups in total. The molecule has 0 aromatic heterocycles. The first-order chi connectivity index (χ1) is 9.58. The van der Waals surface area contributed by atoms with Crippen LogP contribution >= 0.6 is 0 Å². The zero-order valence-electron chi connectivity index (χ0n) is 11.1. The number of esters is 1. The van der Waals surface area contributed by atoms with Gasteiger partial charge in [-0.3, -0.25) is 10.1 Å². The molecule has 108 valence electrons. The highest BCUT2D eigenvalue weighted by Gasteiger charge is 2.17. The molecule has 7 heteroatoms. The second-order valence-electron chi connectivity index (χ2n) is 4.05. The normalized spacial score (nSPS) is 11.2. The van der Waals surface area contributed by atoms with Crippen LogP contribution in [0.3, 0.4) is 0 Å². The summed E-state index contributed by atoms with van der Waals surface area (Å²) >= 11 is 0. The first kappa shape index (κ1) is 15.6. The van der Waals surface area contributed by atoms with Gasteiger partial charge >= 0.3 is 5.97 Å². The lowest BCUT2D eigenvalue weighted by molar-refractivity contribution is -0.478. The van der Waals surface area contributed by atoms with E-state index in [-0.39, 0.29) is 18.7 Å². The summed E-state index contributed by atoms with van der Waals surface area (Å²) in [5.74, 6) is -0.847. The molecule has 0 heterocycles. The predicted molar refractivity (Wildman–Crippen MR) is 71.3 cm³/mol. The number of hydrogen-bond donors (Lipinski definition) is 1. The lowest BCUT2D eigenvalue weighted by Gasteiger charge is -2.08. The Morgan fingerprint density at radius 2 is 2.05 bits per heavy atom. The van der Waals surface area contributed by atoms with Crippen molar-refractivity contribution in [1.29, 1.82) is 0 Å². The highest BCUT2D eigenvalue weighted by Crippen LogP contribution is 2.11. The quantitative estimate of drug-likeness (QED) is 0.270. The van der Waals surface area contributed by atoms with Gasteiger partial charge in [0.2, 0.25) is 6.54 Å². The van der Waals surface area contributed by atoms with Gasteiger partial charge in [-0.15, -0.1) is 0 Å². The molecule has 0 aliphatic heterocycles. The predicted octanol–water partition coefficient (Wildman–Crippen LogP) is 1.79. The summed E-state index contributed by atoms with van der Waals surface area (Å²) in [7, 11) is 0. The third-order valence-corrected chi connectivity index (χ3v) is 2.75. The molecule has 0 saturated heterocycles. The topological polar surface area (TPSA) is 102 Å². The first-order valence-electron chi connectivity index (χ1n) is 6.15. The number of nitro groups is 1. The number of ether oxygens (including phenoxy) is 1. The molecule has 0 bridgehead atoms. The summed E-state index contributed by atoms with van der Waals surface area (Å²) in [4.78, 5) is 21.3. The van der Waals surface area contributed by atoms with Gasteiger partial charge in [0.05, 0.1) is 6.42 Å². The molecule has 7 nitrogen and oxygen atoms in total. The molecular formula is C13H16N2O5. The smallest absolute Gasteiger partial charge is 0.356 e. The number of carbonyl (C=O) groups is 1. The molecule has 0 aliphatic carbocycles. The van der Waals surface area contributed by atoms with E-state index in [0.29, 0.717) is 0 Å². The molecular weight excluding hydrogens is 264 g/mol. The summed E-state index contributed by atoms with van der Waals surface area (Å²) in [6.45, 7) is 1.54. The number of hydrogen-bond acceptors (Lipinski definition) is 6. The lowest BCUT2D eigenvalue weighted by atomic mass is 10.1. The van der Waals surface area contributed by atoms with E-state index in [2.05, 4.69) is 5.16 Å². The molecule has 1 aromatic carbocycles. The average molecular weight is 280 g/mol. The van der Waals surface area contributed by atoms with Crippen molar-refractivity contribution < 1.29 is 19.7 Å². The van der Waals surface area contributed by atoms with E-state index >= 15 is 0 Å². The molecule has 0 unspecified atom stereocenters. The molecule has 1 aromatic rings. The summed E-state index contributed by atoms with van der Waals surface area (Å²) in [6.07, 6.45) is 0.535. The van der Waals surface area contributed by atoms with Gasteiger partial charge < -0.3 is 9.94 Å². The maximum Gasteiger partial charge on any atom is 0.356 e. The Bertz CT molecular complexity index is 513. The maximum absolute atomic E-state index is 11.6. The molecule has 0 radical (unpaired) electrons. The summed E-state index contributed by atoms with van der Waals surface area (Å²) in [5, 5.41) is 21.6. The van der Waals surface area contributed by atoms with E-state index in [9.17, 15) is 14.9 Å². The van der Waals surface area contributed by atoms with Crippen LogP contribution in [0.4, 0.5) is 0 Å². The van der Waals surface area contributed by atoms with Crippen LogP contribution in [0.15, 0.2) is 29.4 Å². The highest BCUT2D eigenvalue weighted by atomic mass is 16.6. The van der Waals surface area contributed by atoms with Crippen LogP contribution in [0.1, 0.15) is 24.5 Å². The molecule has 0 atom stereocenters. The van der Waals surface area contributed by atoms with Crippen molar-refractivity contribution in [2.24, 2.45) is 5.16 Å². The van der Waals surface area contributed by atoms with Gasteiger partial charge in [-0.25, -0.2) is 4.79 Å². The number of benzene rings is 1. The second-order valence-corrected chi connectivity index (χ2v) is 4.05. The fourth-order valence-corrected chi connectivity index (χ4v) is 1.66. The van der Waals surface area contributed by atoms with Gasteiger partial charge in [-0.2, -0.15) is 0 Å². The van der Waals surface area contributed by atoms with Crippen LogP contribution in [0, 0.1) is 10.1 Å². The van der Waals surface area contributed by atoms with Gasteiger partial charge in [0, 0.05) is 4.92 Å². The lowest BCUT2D eigenvalue weighted by Crippen LogP contribution is -2.21. The van der Waals surface area contributed by atoms with Gasteiger partial charge in [-0.1, -0.05) is 36.3 Å². The van der Waals surface area contributed by atoms with E-state index in [0.717, 1.165) is 17.5 Å². The SMILES string of the molecule is CCc1ccccc1COC(=O)/C(CC[N+](=O)[O-])=N\O. The Morgan fingerprint density at radius 1 is 1.40 bits per heavy atom. The van der Waals surface area contributed by atoms with Crippen molar-refractivity contribution in [3.8, 4) is 0 Å². The average Bonchev–Trinajstić information content (AvgIpc) is 2.45. The highest BCUT2D eigenvalue weighted by molar-refractivity contribution is 6.36. The van der Waals surface area contributed by atoms with Crippen molar-refractivity contribution in [3.63, 3.8) is 0 Å². The van der Waals surface area contributed by atoms with Crippen LogP contribution in [0.2, 0.25) is 0 Å². The summed E-state index contributed by atoms with van der Waals surface area (Å²) in [5.41, 5.74) is 1.55. The minimum Gasteiger partial charge on any atom is -0.456 e. The molecule has 0 spiro atoms. The summed E-state index contributed by atoms with van der Waals surface area (Å²) in [6, 6.07) is 7.48. The van der Waals surface area contributed by atoms with Crippen LogP contribution in [0.5, 0.6) is 0 Å². The minimum atomic E-state index is -0.847. The van der Waals surface area contributed by atoms with Crippen molar-refractivity contribution >= 4 is 11.7 Å². The minimum absolute atomic E-state index is 0.0420. The largest absolute Gasteiger partial charge is 0.456 e. The van der Waals surface area contributed by atoms with Crippen LogP contribution in [-0.2, 0) is 22.6 Å². The van der Waals surface area contributed by atoms with Crippen molar-refractivity contribution in [1.82, 2.24) is 0 Å². The second kappa shape index (κ2) is 7.88. The Kier molecular flexibility index (Phi) is 6.15. The van der Waals surface area contributed by atoms with Crippen molar-refractivity contribution in [2.75, 3.05) is 6.54 Å². The Hall–Kier alpha value is -2.44. The monoisotopic (exact) mass is 280 g/mol. The van der Waals surface area contributed by atoms with Crippen LogP contribution in [-0.4, -0.2) is 28.4 Å². The number of aryl methyl sites for hydroxylation is 1.